The number of carbonyl (C=O) groups excluding carboxylic acids is 4. The molecule has 15 heteroatoms. The van der Waals surface area contributed by atoms with Gasteiger partial charge in [0.25, 0.3) is 0 Å². The number of methoxy groups -OCH3 is 2. The predicted molar refractivity (Wildman–Crippen MR) is 248 cm³/mol. The Morgan fingerprint density at radius 1 is 0.585 bits per heavy atom. The molecule has 0 bridgehead atoms. The maximum absolute atomic E-state index is 13.7. The average Bonchev–Trinajstić information content (AvgIpc) is 4.19. The molecule has 0 aliphatic carbocycles. The molecule has 15 nitrogen and oxygen atoms in total. The first kappa shape index (κ1) is 44.4. The van der Waals surface area contributed by atoms with E-state index in [0.29, 0.717) is 13.1 Å². The normalized spacial score (nSPS) is 17.0. The number of H-pyrrole nitrogens is 2. The number of hydrogen-bond acceptors (Lipinski definition) is 8. The second-order valence-electron chi connectivity index (χ2n) is 17.4. The molecule has 3 aromatic carbocycles. The quantitative estimate of drug-likeness (QED) is 0.0890. The number of benzene rings is 3. The van der Waals surface area contributed by atoms with Crippen LogP contribution in [0.3, 0.4) is 0 Å². The fraction of sp³-hybridized carbons (Fsp3) is 0.360. The van der Waals surface area contributed by atoms with Gasteiger partial charge in [0.1, 0.15) is 23.7 Å². The number of imidazole rings is 2. The van der Waals surface area contributed by atoms with Gasteiger partial charge in [0, 0.05) is 18.8 Å². The molecule has 2 aliphatic heterocycles. The lowest BCUT2D eigenvalue weighted by Gasteiger charge is -2.30. The van der Waals surface area contributed by atoms with E-state index in [-0.39, 0.29) is 35.7 Å². The van der Waals surface area contributed by atoms with Crippen molar-refractivity contribution in [3.63, 3.8) is 0 Å². The number of carbonyl (C=O) groups is 4. The Hall–Kier alpha value is -7.16. The van der Waals surface area contributed by atoms with Crippen molar-refractivity contribution in [2.75, 3.05) is 27.3 Å². The number of rotatable bonds is 13. The molecule has 6 aromatic rings. The van der Waals surface area contributed by atoms with Crippen LogP contribution >= 0.6 is 0 Å². The first-order valence-electron chi connectivity index (χ1n) is 22.3. The fourth-order valence-corrected chi connectivity index (χ4v) is 9.07. The minimum Gasteiger partial charge on any atom is -0.453 e. The summed E-state index contributed by atoms with van der Waals surface area (Å²) in [6, 6.07) is 29.5. The van der Waals surface area contributed by atoms with Gasteiger partial charge in [-0.3, -0.25) is 9.59 Å². The monoisotopic (exact) mass is 879 g/mol. The molecule has 0 saturated carbocycles. The largest absolute Gasteiger partial charge is 0.453 e. The second kappa shape index (κ2) is 19.3. The minimum absolute atomic E-state index is 0.116. The predicted octanol–water partition coefficient (Wildman–Crippen LogP) is 8.68. The topological polar surface area (TPSA) is 180 Å². The molecule has 2 aliphatic rings. The van der Waals surface area contributed by atoms with E-state index >= 15 is 0 Å². The number of nitrogens with zero attached hydrogens (tertiary/aromatic N) is 5. The molecule has 338 valence electrons. The molecule has 4 unspecified atom stereocenters. The lowest BCUT2D eigenvalue weighted by Crippen LogP contribution is -2.51. The molecule has 0 radical (unpaired) electrons. The Morgan fingerprint density at radius 2 is 0.985 bits per heavy atom. The van der Waals surface area contributed by atoms with Crippen molar-refractivity contribution in [2.45, 2.75) is 77.5 Å². The van der Waals surface area contributed by atoms with Crippen LogP contribution in [0.4, 0.5) is 9.59 Å². The molecule has 3 aromatic heterocycles. The number of ether oxygens (including phenoxy) is 2. The Balaban J connectivity index is 1.00. The lowest BCUT2D eigenvalue weighted by atomic mass is 10.0. The fourth-order valence-electron chi connectivity index (χ4n) is 9.07. The summed E-state index contributed by atoms with van der Waals surface area (Å²) in [4.78, 5) is 71.5. The van der Waals surface area contributed by atoms with Gasteiger partial charge in [0.15, 0.2) is 0 Å². The van der Waals surface area contributed by atoms with Gasteiger partial charge in [-0.15, -0.1) is 0 Å². The molecule has 65 heavy (non-hydrogen) atoms. The summed E-state index contributed by atoms with van der Waals surface area (Å²) in [6.45, 7) is 8.79. The maximum atomic E-state index is 13.7. The number of nitrogens with one attached hydrogen (secondary N) is 4. The Labute approximate surface area is 379 Å². The number of aromatic nitrogens is 5. The first-order valence-corrected chi connectivity index (χ1v) is 22.3. The van der Waals surface area contributed by atoms with E-state index in [1.54, 1.807) is 0 Å². The van der Waals surface area contributed by atoms with Gasteiger partial charge in [0.2, 0.25) is 11.8 Å². The van der Waals surface area contributed by atoms with E-state index in [1.807, 2.05) is 68.1 Å². The van der Waals surface area contributed by atoms with E-state index in [1.165, 1.54) is 14.2 Å². The van der Waals surface area contributed by atoms with Crippen LogP contribution < -0.4 is 10.6 Å². The lowest BCUT2D eigenvalue weighted by molar-refractivity contribution is -0.136. The van der Waals surface area contributed by atoms with E-state index in [4.69, 9.17) is 19.4 Å². The number of hydrogen-bond donors (Lipinski definition) is 4. The van der Waals surface area contributed by atoms with Crippen molar-refractivity contribution < 1.29 is 28.7 Å². The van der Waals surface area contributed by atoms with Gasteiger partial charge in [-0.1, -0.05) is 94.4 Å². The summed E-state index contributed by atoms with van der Waals surface area (Å²) in [5.41, 5.74) is 8.80. The van der Waals surface area contributed by atoms with Crippen LogP contribution in [0, 0.1) is 11.8 Å². The van der Waals surface area contributed by atoms with Crippen LogP contribution in [0.2, 0.25) is 0 Å². The summed E-state index contributed by atoms with van der Waals surface area (Å²) in [5, 5.41) is 5.42. The smallest absolute Gasteiger partial charge is 0.407 e. The Bertz CT molecular complexity index is 2460. The zero-order valence-electron chi connectivity index (χ0n) is 37.7. The molecule has 2 saturated heterocycles. The highest BCUT2D eigenvalue weighted by Crippen LogP contribution is 2.37. The summed E-state index contributed by atoms with van der Waals surface area (Å²) >= 11 is 0. The summed E-state index contributed by atoms with van der Waals surface area (Å²) in [5.74, 6) is 0.916. The van der Waals surface area contributed by atoms with Crippen LogP contribution in [0.15, 0.2) is 103 Å². The third-order valence-corrected chi connectivity index (χ3v) is 12.6. The molecule has 4 atom stereocenters. The number of aromatic amines is 2. The van der Waals surface area contributed by atoms with Crippen molar-refractivity contribution in [1.82, 2.24) is 44.9 Å². The summed E-state index contributed by atoms with van der Waals surface area (Å²) in [7, 11) is 2.59. The van der Waals surface area contributed by atoms with Crippen LogP contribution in [-0.4, -0.2) is 97.7 Å². The van der Waals surface area contributed by atoms with Crippen LogP contribution in [0.5, 0.6) is 0 Å². The molecular formula is C50H57N9O6. The van der Waals surface area contributed by atoms with Crippen LogP contribution in [0.25, 0.3) is 50.7 Å². The average molecular weight is 880 g/mol. The van der Waals surface area contributed by atoms with Gasteiger partial charge in [-0.2, -0.15) is 0 Å². The number of likely N-dealkylation sites (tertiary alicyclic amines) is 2. The molecule has 5 heterocycles. The molecule has 0 spiro atoms. The van der Waals surface area contributed by atoms with Crippen LogP contribution in [0.1, 0.15) is 77.1 Å². The highest BCUT2D eigenvalue weighted by atomic mass is 16.5. The van der Waals surface area contributed by atoms with E-state index < -0.39 is 24.3 Å². The number of amides is 4. The van der Waals surface area contributed by atoms with Gasteiger partial charge < -0.3 is 44.4 Å². The SMILES string of the molecule is COC(=O)NC(C(=O)N1CCCC1c1ncc(-c2ccc(-c3ccc(-c4ccc(-c5cnc(C6CCCN6C(=O)C(NC(=O)OC)C(C)C)[nH]5)cc4)n3-c3ccccc3)cc2)[nH]1)C(C)C. The standard InChI is InChI=1S/C50H57N9O6/c1-30(2)43(55-49(62)64-5)47(60)57-26-10-14-41(57)45-51-28-37(53-45)32-16-20-34(21-17-32)39-24-25-40(59(39)36-12-8-7-9-13-36)35-22-18-33(19-23-35)38-29-52-46(54-38)42-15-11-27-58(42)48(61)44(31(3)4)56-50(63)65-6/h7-9,12-13,16-25,28-31,41-44H,10-11,14-15,26-27H2,1-6H3,(H,51,53)(H,52,54)(H,55,62)(H,56,63). The van der Waals surface area contributed by atoms with Gasteiger partial charge in [-0.05, 0) is 84.0 Å². The highest BCUT2D eigenvalue weighted by Gasteiger charge is 2.39. The molecule has 4 N–H and O–H groups in total. The third kappa shape index (κ3) is 9.26. The molecule has 8 rings (SSSR count). The van der Waals surface area contributed by atoms with E-state index in [0.717, 1.165) is 88.0 Å². The van der Waals surface area contributed by atoms with Gasteiger partial charge in [-0.25, -0.2) is 19.6 Å². The third-order valence-electron chi connectivity index (χ3n) is 12.6. The zero-order valence-corrected chi connectivity index (χ0v) is 37.7. The Morgan fingerprint density at radius 3 is 1.37 bits per heavy atom. The molecule has 2 fully saturated rings. The van der Waals surface area contributed by atoms with Crippen molar-refractivity contribution in [3.05, 3.63) is 115 Å². The highest BCUT2D eigenvalue weighted by molar-refractivity contribution is 5.87. The molecule has 4 amide bonds. The van der Waals surface area contributed by atoms with Gasteiger partial charge >= 0.3 is 12.2 Å². The summed E-state index contributed by atoms with van der Waals surface area (Å²) in [6.07, 6.45) is 5.60. The van der Waals surface area contributed by atoms with Crippen molar-refractivity contribution in [2.24, 2.45) is 11.8 Å². The van der Waals surface area contributed by atoms with Crippen molar-refractivity contribution in [3.8, 4) is 50.7 Å². The van der Waals surface area contributed by atoms with Crippen LogP contribution in [-0.2, 0) is 19.1 Å². The number of alkyl carbamates (subject to hydrolysis) is 2. The zero-order chi connectivity index (χ0) is 45.8. The van der Waals surface area contributed by atoms with Gasteiger partial charge in [0.05, 0.1) is 61.5 Å². The van der Waals surface area contributed by atoms with E-state index in [9.17, 15) is 19.2 Å². The Kier molecular flexibility index (Phi) is 13.2. The van der Waals surface area contributed by atoms with E-state index in [2.05, 4.69) is 98.0 Å². The maximum Gasteiger partial charge on any atom is 0.407 e. The summed E-state index contributed by atoms with van der Waals surface area (Å²) < 4.78 is 11.8. The molecular weight excluding hydrogens is 823 g/mol. The minimum atomic E-state index is -0.700. The first-order chi connectivity index (χ1) is 31.4. The number of para-hydroxylation sites is 1. The van der Waals surface area contributed by atoms with Crippen molar-refractivity contribution >= 4 is 24.0 Å². The second-order valence-corrected chi connectivity index (χ2v) is 17.4. The van der Waals surface area contributed by atoms with Crippen molar-refractivity contribution in [1.29, 1.82) is 0 Å².